The minimum atomic E-state index is -4.78. The van der Waals surface area contributed by atoms with Crippen LogP contribution in [0.5, 0.6) is 0 Å². The lowest BCUT2D eigenvalue weighted by atomic mass is 9.99. The number of benzene rings is 2. The van der Waals surface area contributed by atoms with E-state index in [1.54, 1.807) is 28.8 Å². The van der Waals surface area contributed by atoms with Crippen LogP contribution in [-0.2, 0) is 52.0 Å². The smallest absolute Gasteiger partial charge is 0.351 e. The average molecular weight is 840 g/mol. The van der Waals surface area contributed by atoms with Crippen LogP contribution in [-0.4, -0.2) is 57.8 Å². The number of nitrogens with zero attached hydrogens (tertiary/aromatic N) is 11. The van der Waals surface area contributed by atoms with Crippen LogP contribution in [0, 0.1) is 25.5 Å². The van der Waals surface area contributed by atoms with Gasteiger partial charge in [0.25, 0.3) is 0 Å². The van der Waals surface area contributed by atoms with Gasteiger partial charge in [0.05, 0.1) is 16.7 Å². The molecule has 312 valence electrons. The minimum absolute atomic E-state index is 0.00771. The van der Waals surface area contributed by atoms with Gasteiger partial charge < -0.3 is 9.80 Å². The maximum atomic E-state index is 15.2. The van der Waals surface area contributed by atoms with E-state index < -0.39 is 17.8 Å². The van der Waals surface area contributed by atoms with Gasteiger partial charge in [0.2, 0.25) is 5.82 Å². The zero-order chi connectivity index (χ0) is 42.9. The number of anilines is 2. The largest absolute Gasteiger partial charge is 0.451 e. The summed E-state index contributed by atoms with van der Waals surface area (Å²) in [6, 6.07) is 14.9. The number of alkyl halides is 3. The predicted molar refractivity (Wildman–Crippen MR) is 224 cm³/mol. The van der Waals surface area contributed by atoms with Gasteiger partial charge in [-0.05, 0) is 91.1 Å². The monoisotopic (exact) mass is 839 g/mol. The van der Waals surface area contributed by atoms with E-state index in [9.17, 15) is 17.6 Å². The van der Waals surface area contributed by atoms with Gasteiger partial charge in [-0.15, -0.1) is 0 Å². The topological polar surface area (TPSA) is 115 Å². The molecule has 0 spiro atoms. The maximum absolute atomic E-state index is 15.2. The number of pyridine rings is 3. The highest BCUT2D eigenvalue weighted by atomic mass is 19.4. The standard InChI is InChI=1S/C46H38F5N11/c1-25-14-40-35(18-36(25)48)43(61-12-10-37-31(23-61)15-29(20-53-37)27-5-4-26(2)52-19-27)57-41(55-40)9-6-28-22-60(3)59-42(28)30-16-32-24-62(13-11-38(32)54-21-30)44-34-17-33(47)7-8-39(34)56-45(58-44)46(49,50)51/h4-5,7-8,14-22H,6,9-13,23-24H2,1-3H3. The van der Waals surface area contributed by atoms with E-state index in [2.05, 4.69) is 25.9 Å². The van der Waals surface area contributed by atoms with E-state index >= 15 is 4.39 Å². The minimum Gasteiger partial charge on any atom is -0.351 e. The van der Waals surface area contributed by atoms with Crippen molar-refractivity contribution in [1.82, 2.24) is 44.7 Å². The molecular weight excluding hydrogens is 802 g/mol. The second kappa shape index (κ2) is 15.2. The number of rotatable bonds is 7. The third-order valence-electron chi connectivity index (χ3n) is 11.6. The van der Waals surface area contributed by atoms with Crippen LogP contribution in [0.2, 0.25) is 0 Å². The molecule has 11 nitrogen and oxygen atoms in total. The van der Waals surface area contributed by atoms with Gasteiger partial charge in [0.1, 0.15) is 29.1 Å². The van der Waals surface area contributed by atoms with Gasteiger partial charge in [0, 0.05) is 122 Å². The van der Waals surface area contributed by atoms with Crippen LogP contribution in [0.25, 0.3) is 44.2 Å². The third-order valence-corrected chi connectivity index (χ3v) is 11.6. The van der Waals surface area contributed by atoms with Crippen molar-refractivity contribution in [2.45, 2.75) is 58.8 Å². The molecule has 2 aromatic carbocycles. The Hall–Kier alpha value is -6.97. The van der Waals surface area contributed by atoms with Crippen molar-refractivity contribution < 1.29 is 22.0 Å². The molecule has 2 aliphatic rings. The Labute approximate surface area is 352 Å². The molecule has 0 bridgehead atoms. The van der Waals surface area contributed by atoms with Gasteiger partial charge in [-0.1, -0.05) is 6.07 Å². The van der Waals surface area contributed by atoms with Crippen LogP contribution in [0.3, 0.4) is 0 Å². The zero-order valence-electron chi connectivity index (χ0n) is 34.0. The number of halogens is 5. The third kappa shape index (κ3) is 7.43. The molecule has 16 heteroatoms. The first-order valence-corrected chi connectivity index (χ1v) is 20.3. The summed E-state index contributed by atoms with van der Waals surface area (Å²) in [4.78, 5) is 35.5. The fourth-order valence-corrected chi connectivity index (χ4v) is 8.44. The summed E-state index contributed by atoms with van der Waals surface area (Å²) in [6.45, 7) is 5.40. The molecular formula is C46H38F5N11. The van der Waals surface area contributed by atoms with Crippen LogP contribution in [0.1, 0.15) is 51.0 Å². The van der Waals surface area contributed by atoms with E-state index in [4.69, 9.17) is 25.0 Å². The van der Waals surface area contributed by atoms with Gasteiger partial charge in [0.15, 0.2) is 0 Å². The van der Waals surface area contributed by atoms with Crippen LogP contribution in [0.15, 0.2) is 79.4 Å². The van der Waals surface area contributed by atoms with Gasteiger partial charge in [-0.3, -0.25) is 19.6 Å². The first kappa shape index (κ1) is 39.2. The summed E-state index contributed by atoms with van der Waals surface area (Å²) in [5, 5.41) is 5.64. The highest BCUT2D eigenvalue weighted by molar-refractivity contribution is 5.91. The highest BCUT2D eigenvalue weighted by Gasteiger charge is 2.36. The lowest BCUT2D eigenvalue weighted by molar-refractivity contribution is -0.144. The van der Waals surface area contributed by atoms with Crippen molar-refractivity contribution in [2.75, 3.05) is 22.9 Å². The summed E-state index contributed by atoms with van der Waals surface area (Å²) in [6.07, 6.45) is 4.80. The summed E-state index contributed by atoms with van der Waals surface area (Å²) in [5.74, 6) is -0.928. The second-order valence-electron chi connectivity index (χ2n) is 16.0. The van der Waals surface area contributed by atoms with Gasteiger partial charge in [-0.25, -0.2) is 28.7 Å². The SMILES string of the molecule is Cc1ccc(-c2cnc3c(c2)CN(c2nc(CCc4cn(C)nc4-c4cnc5c(c4)CN(c4nc(C(F)(F)F)nc6ccc(F)cc46)CC5)nc4cc(C)c(F)cc24)CC3)cn1. The van der Waals surface area contributed by atoms with E-state index in [0.29, 0.717) is 79.1 Å². The Morgan fingerprint density at radius 1 is 0.661 bits per heavy atom. The number of hydrogen-bond acceptors (Lipinski definition) is 10. The number of aromatic nitrogens is 9. The lowest BCUT2D eigenvalue weighted by Gasteiger charge is -2.30. The number of fused-ring (bicyclic) bond motifs is 4. The molecule has 2 aliphatic heterocycles. The van der Waals surface area contributed by atoms with E-state index in [0.717, 1.165) is 56.5 Å². The van der Waals surface area contributed by atoms with Gasteiger partial charge >= 0.3 is 6.18 Å². The normalized spacial score (nSPS) is 14.1. The Kier molecular flexibility index (Phi) is 9.60. The Balaban J connectivity index is 0.938. The molecule has 0 amide bonds. The first-order chi connectivity index (χ1) is 29.8. The molecule has 0 saturated heterocycles. The molecule has 6 aromatic heterocycles. The molecule has 0 atom stereocenters. The fourth-order valence-electron chi connectivity index (χ4n) is 8.44. The summed E-state index contributed by atoms with van der Waals surface area (Å²) in [7, 11) is 1.84. The van der Waals surface area contributed by atoms with Crippen molar-refractivity contribution in [3.63, 3.8) is 0 Å². The highest BCUT2D eigenvalue weighted by Crippen LogP contribution is 2.36. The zero-order valence-corrected chi connectivity index (χ0v) is 34.0. The predicted octanol–water partition coefficient (Wildman–Crippen LogP) is 8.65. The maximum Gasteiger partial charge on any atom is 0.451 e. The fraction of sp³-hybridized carbons (Fsp3) is 0.261. The Bertz CT molecular complexity index is 3060. The lowest BCUT2D eigenvalue weighted by Crippen LogP contribution is -2.32. The first-order valence-electron chi connectivity index (χ1n) is 20.3. The van der Waals surface area contributed by atoms with Crippen LogP contribution < -0.4 is 9.80 Å². The molecule has 10 rings (SSSR count). The summed E-state index contributed by atoms with van der Waals surface area (Å²) >= 11 is 0. The van der Waals surface area contributed by atoms with Crippen molar-refractivity contribution in [3.8, 4) is 22.4 Å². The quantitative estimate of drug-likeness (QED) is 0.145. The molecule has 0 N–H and O–H groups in total. The van der Waals surface area contributed by atoms with Gasteiger partial charge in [-0.2, -0.15) is 18.3 Å². The van der Waals surface area contributed by atoms with Crippen molar-refractivity contribution >= 4 is 33.4 Å². The van der Waals surface area contributed by atoms with Crippen LogP contribution >= 0.6 is 0 Å². The molecule has 0 unspecified atom stereocenters. The number of hydrogen-bond donors (Lipinski definition) is 0. The van der Waals surface area contributed by atoms with Crippen LogP contribution in [0.4, 0.5) is 33.6 Å². The molecule has 0 fully saturated rings. The van der Waals surface area contributed by atoms with Crippen molar-refractivity contribution in [2.24, 2.45) is 7.05 Å². The molecule has 0 radical (unpaired) electrons. The molecule has 8 heterocycles. The van der Waals surface area contributed by atoms with E-state index in [-0.39, 0.29) is 29.1 Å². The molecule has 0 aliphatic carbocycles. The Morgan fingerprint density at radius 3 is 2.05 bits per heavy atom. The summed E-state index contributed by atoms with van der Waals surface area (Å²) in [5.41, 5.74) is 10.1. The average Bonchev–Trinajstić information content (AvgIpc) is 3.64. The number of aryl methyl sites for hydroxylation is 5. The second-order valence-corrected chi connectivity index (χ2v) is 16.0. The van der Waals surface area contributed by atoms with E-state index in [1.165, 1.54) is 18.2 Å². The van der Waals surface area contributed by atoms with E-state index in [1.807, 2.05) is 50.8 Å². The molecule has 0 saturated carbocycles. The van der Waals surface area contributed by atoms with Crippen molar-refractivity contribution in [1.29, 1.82) is 0 Å². The Morgan fingerprint density at radius 2 is 1.34 bits per heavy atom. The molecule has 8 aromatic rings. The molecule has 62 heavy (non-hydrogen) atoms. The van der Waals surface area contributed by atoms with Crippen molar-refractivity contribution in [3.05, 3.63) is 142 Å². The summed E-state index contributed by atoms with van der Waals surface area (Å²) < 4.78 is 73.0.